The first kappa shape index (κ1) is 38.0. The zero-order chi connectivity index (χ0) is 29.3. The van der Waals surface area contributed by atoms with E-state index in [-0.39, 0.29) is 42.7 Å². The van der Waals surface area contributed by atoms with Gasteiger partial charge in [-0.25, -0.2) is 0 Å². The maximum Gasteiger partial charge on any atom is 0.223 e. The van der Waals surface area contributed by atoms with Crippen molar-refractivity contribution in [1.29, 1.82) is 0 Å². The van der Waals surface area contributed by atoms with E-state index in [9.17, 15) is 14.1 Å². The molecular weight excluding hydrogens is 487 g/mol. The van der Waals surface area contributed by atoms with Crippen molar-refractivity contribution in [3.8, 4) is 0 Å². The van der Waals surface area contributed by atoms with E-state index >= 15 is 0 Å². The lowest BCUT2D eigenvalue weighted by atomic mass is 9.77. The summed E-state index contributed by atoms with van der Waals surface area (Å²) in [5.74, 6) is -0.569. The van der Waals surface area contributed by atoms with Crippen molar-refractivity contribution in [3.63, 3.8) is 0 Å². The smallest absolute Gasteiger partial charge is 0.223 e. The van der Waals surface area contributed by atoms with E-state index in [1.165, 1.54) is 57.8 Å². The van der Waals surface area contributed by atoms with Crippen molar-refractivity contribution in [2.24, 2.45) is 11.8 Å². The molecule has 0 aliphatic heterocycles. The first-order chi connectivity index (χ1) is 18.8. The van der Waals surface area contributed by atoms with E-state index in [0.717, 1.165) is 69.3 Å². The minimum Gasteiger partial charge on any atom is -0.360 e. The predicted octanol–water partition coefficient (Wildman–Crippen LogP) is 6.05. The molecule has 0 fully saturated rings. The molecule has 2 amide bonds. The Kier molecular flexibility index (Phi) is 25.2. The van der Waals surface area contributed by atoms with Crippen LogP contribution in [0.5, 0.6) is 0 Å². The van der Waals surface area contributed by atoms with Crippen molar-refractivity contribution < 1.29 is 14.1 Å². The summed E-state index contributed by atoms with van der Waals surface area (Å²) in [6.45, 7) is 9.19. The zero-order valence-corrected chi connectivity index (χ0v) is 26.8. The summed E-state index contributed by atoms with van der Waals surface area (Å²) >= 11 is 0. The van der Waals surface area contributed by atoms with Crippen molar-refractivity contribution in [1.82, 2.24) is 15.8 Å². The highest BCUT2D eigenvalue weighted by atomic mass is 19.2. The molecule has 0 aromatic rings. The highest BCUT2D eigenvalue weighted by molar-refractivity contribution is 6.22. The van der Waals surface area contributed by atoms with Gasteiger partial charge >= 0.3 is 0 Å². The van der Waals surface area contributed by atoms with E-state index in [1.54, 1.807) is 0 Å². The van der Waals surface area contributed by atoms with Crippen LogP contribution in [0.15, 0.2) is 0 Å². The average molecular weight is 551 g/mol. The molecule has 0 spiro atoms. The fourth-order valence-corrected chi connectivity index (χ4v) is 5.25. The summed E-state index contributed by atoms with van der Waals surface area (Å²) in [5, 5.41) is 6.88. The molecule has 0 bridgehead atoms. The van der Waals surface area contributed by atoms with Crippen molar-refractivity contribution >= 4 is 27.5 Å². The molecule has 39 heavy (non-hydrogen) atoms. The summed E-state index contributed by atoms with van der Waals surface area (Å²) in [5.41, 5.74) is 0. The van der Waals surface area contributed by atoms with Gasteiger partial charge in [-0.3, -0.25) is 9.59 Å². The number of carbonyl (C=O) groups excluding carboxylic acids is 2. The summed E-state index contributed by atoms with van der Waals surface area (Å²) in [4.78, 5) is 26.0. The molecule has 0 aromatic heterocycles. The standard InChI is InChI=1S/C31H64B2FN3O2/c1-5-9-13-17-21-26(20-16-12-8-4)30(38)35-24-25-37(34)29(33)28(32)36-31(39)27(22-18-14-10-6-2)23-19-15-11-7-3/h26-29H,5-25,32-33H2,1-4H3,(H,35,38)(H,36,39). The Morgan fingerprint density at radius 3 is 1.46 bits per heavy atom. The maximum atomic E-state index is 15.0. The van der Waals surface area contributed by atoms with Crippen LogP contribution in [-0.4, -0.2) is 57.6 Å². The van der Waals surface area contributed by atoms with E-state index in [4.69, 9.17) is 0 Å². The second-order valence-corrected chi connectivity index (χ2v) is 11.9. The van der Waals surface area contributed by atoms with Gasteiger partial charge in [0.15, 0.2) is 0 Å². The van der Waals surface area contributed by atoms with Gasteiger partial charge in [-0.2, -0.15) is 0 Å². The van der Waals surface area contributed by atoms with Crippen LogP contribution in [0.4, 0.5) is 4.48 Å². The van der Waals surface area contributed by atoms with Gasteiger partial charge in [-0.15, -0.1) is 9.60 Å². The summed E-state index contributed by atoms with van der Waals surface area (Å²) < 4.78 is 15.0. The van der Waals surface area contributed by atoms with Crippen molar-refractivity contribution in [3.05, 3.63) is 0 Å². The van der Waals surface area contributed by atoms with Gasteiger partial charge in [0, 0.05) is 36.8 Å². The van der Waals surface area contributed by atoms with Crippen LogP contribution in [0.3, 0.4) is 0 Å². The topological polar surface area (TPSA) is 61.4 Å². The molecule has 0 heterocycles. The number of hydrogen-bond acceptors (Lipinski definition) is 3. The number of carbonyl (C=O) groups is 2. The largest absolute Gasteiger partial charge is 0.360 e. The molecule has 0 saturated heterocycles. The lowest BCUT2D eigenvalue weighted by molar-refractivity contribution is -0.126. The van der Waals surface area contributed by atoms with E-state index in [2.05, 4.69) is 38.3 Å². The SMILES string of the molecule is BC(NC(=O)C(CCCCCC)CCCCCC)C(B)N(F)CCNC(=O)C(CCCCC)CCCCCC. The second-order valence-electron chi connectivity index (χ2n) is 11.9. The van der Waals surface area contributed by atoms with E-state index < -0.39 is 5.94 Å². The number of rotatable bonds is 27. The molecule has 3 unspecified atom stereocenters. The Morgan fingerprint density at radius 1 is 0.641 bits per heavy atom. The Hall–Kier alpha value is -1.04. The minimum atomic E-state index is -0.457. The molecule has 0 aliphatic carbocycles. The van der Waals surface area contributed by atoms with Crippen molar-refractivity contribution in [2.75, 3.05) is 13.1 Å². The van der Waals surface area contributed by atoms with Gasteiger partial charge in [-0.05, 0) is 25.7 Å². The summed E-state index contributed by atoms with van der Waals surface area (Å²) in [6, 6.07) is 0. The monoisotopic (exact) mass is 552 g/mol. The fourth-order valence-electron chi connectivity index (χ4n) is 5.25. The van der Waals surface area contributed by atoms with Gasteiger partial charge < -0.3 is 10.6 Å². The van der Waals surface area contributed by atoms with Gasteiger partial charge in [0.2, 0.25) is 11.8 Å². The van der Waals surface area contributed by atoms with E-state index in [0.29, 0.717) is 0 Å². The summed E-state index contributed by atoms with van der Waals surface area (Å²) in [7, 11) is 3.70. The van der Waals surface area contributed by atoms with Crippen LogP contribution in [-0.2, 0) is 9.59 Å². The Balaban J connectivity index is 4.69. The molecule has 0 aliphatic rings. The van der Waals surface area contributed by atoms with Crippen LogP contribution >= 0.6 is 0 Å². The summed E-state index contributed by atoms with van der Waals surface area (Å²) in [6.07, 6.45) is 21.0. The number of unbranched alkanes of at least 4 members (excludes halogenated alkanes) is 11. The van der Waals surface area contributed by atoms with Crippen molar-refractivity contribution in [2.45, 2.75) is 162 Å². The van der Waals surface area contributed by atoms with E-state index in [1.807, 2.05) is 15.7 Å². The Bertz CT molecular complexity index is 588. The third-order valence-corrected chi connectivity index (χ3v) is 8.28. The molecular formula is C31H64B2FN3O2. The number of nitrogens with zero attached hydrogens (tertiary/aromatic N) is 1. The highest BCUT2D eigenvalue weighted by Gasteiger charge is 2.25. The lowest BCUT2D eigenvalue weighted by Gasteiger charge is -2.29. The normalized spacial score (nSPS) is 13.9. The van der Waals surface area contributed by atoms with Gasteiger partial charge in [0.25, 0.3) is 0 Å². The maximum absolute atomic E-state index is 15.0. The van der Waals surface area contributed by atoms with Crippen LogP contribution in [0.2, 0.25) is 0 Å². The third-order valence-electron chi connectivity index (χ3n) is 8.28. The van der Waals surface area contributed by atoms with Gasteiger partial charge in [0.05, 0.1) is 0 Å². The predicted molar refractivity (Wildman–Crippen MR) is 171 cm³/mol. The molecule has 0 rings (SSSR count). The molecule has 8 heteroatoms. The molecule has 0 saturated carbocycles. The number of nitrogens with one attached hydrogen (secondary N) is 2. The molecule has 3 atom stereocenters. The third kappa shape index (κ3) is 19.6. The zero-order valence-electron chi connectivity index (χ0n) is 26.8. The quantitative estimate of drug-likeness (QED) is 0.0743. The van der Waals surface area contributed by atoms with Crippen LogP contribution < -0.4 is 10.6 Å². The molecule has 5 nitrogen and oxygen atoms in total. The highest BCUT2D eigenvalue weighted by Crippen LogP contribution is 2.20. The fraction of sp³-hybridized carbons (Fsp3) is 0.935. The minimum absolute atomic E-state index is 0.0164. The first-order valence-corrected chi connectivity index (χ1v) is 16.8. The Labute approximate surface area is 243 Å². The second kappa shape index (κ2) is 25.9. The van der Waals surface area contributed by atoms with Crippen LogP contribution in [0.1, 0.15) is 150 Å². The number of hydrogen-bond donors (Lipinski definition) is 2. The number of amides is 2. The first-order valence-electron chi connectivity index (χ1n) is 16.8. The Morgan fingerprint density at radius 2 is 1.03 bits per heavy atom. The molecule has 0 radical (unpaired) electrons. The lowest BCUT2D eigenvalue weighted by Crippen LogP contribution is -2.52. The van der Waals surface area contributed by atoms with Crippen LogP contribution in [0.25, 0.3) is 0 Å². The average Bonchev–Trinajstić information content (AvgIpc) is 2.92. The number of halogens is 1. The molecule has 0 aromatic carbocycles. The molecule has 228 valence electrons. The van der Waals surface area contributed by atoms with Gasteiger partial charge in [0.1, 0.15) is 15.7 Å². The van der Waals surface area contributed by atoms with Crippen LogP contribution in [0, 0.1) is 11.8 Å². The molecule has 2 N–H and O–H groups in total. The van der Waals surface area contributed by atoms with Gasteiger partial charge in [-0.1, -0.05) is 124 Å².